The van der Waals surface area contributed by atoms with Crippen LogP contribution in [0.4, 0.5) is 0 Å². The molecule has 2 aromatic heterocycles. The zero-order valence-electron chi connectivity index (χ0n) is 8.64. The minimum absolute atomic E-state index is 0.575. The molecule has 0 aliphatic carbocycles. The lowest BCUT2D eigenvalue weighted by Crippen LogP contribution is -1.85. The molecule has 3 rings (SSSR count). The molecule has 2 heterocycles. The van der Waals surface area contributed by atoms with Gasteiger partial charge >= 0.3 is 0 Å². The van der Waals surface area contributed by atoms with Crippen LogP contribution in [0, 0.1) is 0 Å². The van der Waals surface area contributed by atoms with Crippen LogP contribution < -0.4 is 0 Å². The van der Waals surface area contributed by atoms with Crippen LogP contribution in [0.1, 0.15) is 0 Å². The predicted octanol–water partition coefficient (Wildman–Crippen LogP) is 3.70. The Kier molecular flexibility index (Phi) is 2.50. The van der Waals surface area contributed by atoms with Gasteiger partial charge in [-0.15, -0.1) is 5.10 Å². The van der Waals surface area contributed by atoms with Crippen molar-refractivity contribution in [3.8, 4) is 11.4 Å². The second-order valence-electron chi connectivity index (χ2n) is 3.60. The Labute approximate surface area is 108 Å². The summed E-state index contributed by atoms with van der Waals surface area (Å²) in [6, 6.07) is 11.0. The first-order chi connectivity index (χ1) is 8.22. The normalized spacial score (nSPS) is 10.9. The first-order valence-corrected chi connectivity index (χ1v) is 5.76. The number of aromatic nitrogens is 3. The predicted molar refractivity (Wildman–Crippen MR) is 68.4 cm³/mol. The monoisotopic (exact) mass is 263 g/mol. The molecular weight excluding hydrogens is 257 g/mol. The third kappa shape index (κ3) is 1.99. The fourth-order valence-electron chi connectivity index (χ4n) is 1.64. The summed E-state index contributed by atoms with van der Waals surface area (Å²) < 4.78 is 1.71. The van der Waals surface area contributed by atoms with E-state index in [4.69, 9.17) is 23.2 Å². The van der Waals surface area contributed by atoms with Crippen molar-refractivity contribution in [2.45, 2.75) is 0 Å². The van der Waals surface area contributed by atoms with E-state index >= 15 is 0 Å². The van der Waals surface area contributed by atoms with Crippen molar-refractivity contribution in [1.82, 2.24) is 14.6 Å². The van der Waals surface area contributed by atoms with Crippen LogP contribution in [0.25, 0.3) is 17.0 Å². The molecule has 0 bridgehead atoms. The summed E-state index contributed by atoms with van der Waals surface area (Å²) in [5, 5.41) is 5.50. The SMILES string of the molecule is Clc1cc(Cl)cc(-c2nc3ccccn3n2)c1. The fraction of sp³-hybridized carbons (Fsp3) is 0. The summed E-state index contributed by atoms with van der Waals surface area (Å²) in [4.78, 5) is 4.40. The standard InChI is InChI=1S/C12H7Cl2N3/c13-9-5-8(6-10(14)7-9)12-15-11-3-1-2-4-17(11)16-12/h1-7H. The second kappa shape index (κ2) is 4.02. The number of hydrogen-bond donors (Lipinski definition) is 0. The molecule has 1 aromatic carbocycles. The van der Waals surface area contributed by atoms with Crippen LogP contribution in [0.5, 0.6) is 0 Å². The van der Waals surface area contributed by atoms with E-state index in [0.29, 0.717) is 15.9 Å². The van der Waals surface area contributed by atoms with Gasteiger partial charge in [-0.3, -0.25) is 0 Å². The topological polar surface area (TPSA) is 30.2 Å². The molecule has 0 atom stereocenters. The second-order valence-corrected chi connectivity index (χ2v) is 4.47. The highest BCUT2D eigenvalue weighted by Crippen LogP contribution is 2.25. The van der Waals surface area contributed by atoms with E-state index in [-0.39, 0.29) is 0 Å². The summed E-state index contributed by atoms with van der Waals surface area (Å²) in [5.41, 5.74) is 1.60. The molecule has 0 fully saturated rings. The lowest BCUT2D eigenvalue weighted by molar-refractivity contribution is 0.966. The van der Waals surface area contributed by atoms with Crippen LogP contribution in [-0.2, 0) is 0 Å². The number of halogens is 2. The molecule has 0 spiro atoms. The minimum Gasteiger partial charge on any atom is -0.221 e. The van der Waals surface area contributed by atoms with Gasteiger partial charge in [0.15, 0.2) is 11.5 Å². The summed E-state index contributed by atoms with van der Waals surface area (Å²) >= 11 is 11.9. The van der Waals surface area contributed by atoms with Crippen molar-refractivity contribution in [2.24, 2.45) is 0 Å². The Morgan fingerprint density at radius 3 is 2.47 bits per heavy atom. The molecule has 17 heavy (non-hydrogen) atoms. The van der Waals surface area contributed by atoms with Crippen molar-refractivity contribution < 1.29 is 0 Å². The maximum atomic E-state index is 5.95. The van der Waals surface area contributed by atoms with Crippen molar-refractivity contribution in [3.63, 3.8) is 0 Å². The highest BCUT2D eigenvalue weighted by molar-refractivity contribution is 6.35. The molecular formula is C12H7Cl2N3. The molecule has 0 N–H and O–H groups in total. The number of hydrogen-bond acceptors (Lipinski definition) is 2. The smallest absolute Gasteiger partial charge is 0.182 e. The molecule has 5 heteroatoms. The van der Waals surface area contributed by atoms with E-state index in [1.54, 1.807) is 22.7 Å². The van der Waals surface area contributed by atoms with Crippen molar-refractivity contribution in [2.75, 3.05) is 0 Å². The fourth-order valence-corrected chi connectivity index (χ4v) is 2.16. The van der Waals surface area contributed by atoms with E-state index in [1.165, 1.54) is 0 Å². The molecule has 0 saturated carbocycles. The molecule has 0 radical (unpaired) electrons. The highest BCUT2D eigenvalue weighted by Gasteiger charge is 2.07. The van der Waals surface area contributed by atoms with Crippen LogP contribution >= 0.6 is 23.2 Å². The van der Waals surface area contributed by atoms with Crippen molar-refractivity contribution >= 4 is 28.8 Å². The average Bonchev–Trinajstić information content (AvgIpc) is 2.71. The number of benzene rings is 1. The van der Waals surface area contributed by atoms with Crippen molar-refractivity contribution in [1.29, 1.82) is 0 Å². The van der Waals surface area contributed by atoms with Gasteiger partial charge in [0, 0.05) is 21.8 Å². The molecule has 3 nitrogen and oxygen atoms in total. The molecule has 0 unspecified atom stereocenters. The largest absolute Gasteiger partial charge is 0.221 e. The maximum Gasteiger partial charge on any atom is 0.182 e. The molecule has 3 aromatic rings. The Hall–Kier alpha value is -1.58. The van der Waals surface area contributed by atoms with Gasteiger partial charge in [0.1, 0.15) is 0 Å². The molecule has 0 aliphatic heterocycles. The van der Waals surface area contributed by atoms with E-state index in [0.717, 1.165) is 11.2 Å². The quantitative estimate of drug-likeness (QED) is 0.670. The first kappa shape index (κ1) is 10.6. The van der Waals surface area contributed by atoms with E-state index < -0.39 is 0 Å². The summed E-state index contributed by atoms with van der Waals surface area (Å²) in [6.07, 6.45) is 1.85. The van der Waals surface area contributed by atoms with Crippen LogP contribution in [0.15, 0.2) is 42.6 Å². The van der Waals surface area contributed by atoms with Gasteiger partial charge in [0.05, 0.1) is 0 Å². The number of pyridine rings is 1. The number of rotatable bonds is 1. The lowest BCUT2D eigenvalue weighted by Gasteiger charge is -1.97. The molecule has 84 valence electrons. The van der Waals surface area contributed by atoms with E-state index in [2.05, 4.69) is 10.1 Å². The van der Waals surface area contributed by atoms with Gasteiger partial charge in [-0.1, -0.05) is 29.3 Å². The van der Waals surface area contributed by atoms with E-state index in [9.17, 15) is 0 Å². The lowest BCUT2D eigenvalue weighted by atomic mass is 10.2. The third-order valence-electron chi connectivity index (χ3n) is 2.36. The Bertz CT molecular complexity index is 638. The van der Waals surface area contributed by atoms with Gasteiger partial charge in [-0.2, -0.15) is 0 Å². The van der Waals surface area contributed by atoms with Gasteiger partial charge in [-0.25, -0.2) is 9.50 Å². The van der Waals surface area contributed by atoms with Gasteiger partial charge < -0.3 is 0 Å². The minimum atomic E-state index is 0.575. The zero-order valence-corrected chi connectivity index (χ0v) is 10.2. The summed E-state index contributed by atoms with van der Waals surface area (Å²) in [6.45, 7) is 0. The van der Waals surface area contributed by atoms with Crippen LogP contribution in [0.2, 0.25) is 10.0 Å². The zero-order chi connectivity index (χ0) is 11.8. The number of fused-ring (bicyclic) bond motifs is 1. The van der Waals surface area contributed by atoms with Crippen molar-refractivity contribution in [3.05, 3.63) is 52.6 Å². The van der Waals surface area contributed by atoms with Gasteiger partial charge in [-0.05, 0) is 30.3 Å². The molecule has 0 saturated heterocycles. The van der Waals surface area contributed by atoms with E-state index in [1.807, 2.05) is 24.4 Å². The highest BCUT2D eigenvalue weighted by atomic mass is 35.5. The summed E-state index contributed by atoms with van der Waals surface area (Å²) in [7, 11) is 0. The van der Waals surface area contributed by atoms with Crippen LogP contribution in [-0.4, -0.2) is 14.6 Å². The molecule has 0 aliphatic rings. The number of nitrogens with zero attached hydrogens (tertiary/aromatic N) is 3. The third-order valence-corrected chi connectivity index (χ3v) is 2.80. The molecule has 0 amide bonds. The average molecular weight is 264 g/mol. The maximum absolute atomic E-state index is 5.95. The Morgan fingerprint density at radius 2 is 1.76 bits per heavy atom. The van der Waals surface area contributed by atoms with Gasteiger partial charge in [0.2, 0.25) is 0 Å². The van der Waals surface area contributed by atoms with Crippen LogP contribution in [0.3, 0.4) is 0 Å². The first-order valence-electron chi connectivity index (χ1n) is 5.00. The Morgan fingerprint density at radius 1 is 1.00 bits per heavy atom. The Balaban J connectivity index is 2.20. The summed E-state index contributed by atoms with van der Waals surface area (Å²) in [5.74, 6) is 0.612. The van der Waals surface area contributed by atoms with Gasteiger partial charge in [0.25, 0.3) is 0 Å².